The van der Waals surface area contributed by atoms with Crippen LogP contribution in [0.1, 0.15) is 35.6 Å². The number of nitrogens with one attached hydrogen (secondary N) is 1. The predicted octanol–water partition coefficient (Wildman–Crippen LogP) is 3.13. The number of hydrogen-bond acceptors (Lipinski definition) is 3. The number of aryl methyl sites for hydroxylation is 2. The summed E-state index contributed by atoms with van der Waals surface area (Å²) in [7, 11) is 0. The molecule has 1 heterocycles. The lowest BCUT2D eigenvalue weighted by Gasteiger charge is -2.19. The van der Waals surface area contributed by atoms with E-state index in [-0.39, 0.29) is 11.9 Å². The Kier molecular flexibility index (Phi) is 4.79. The average Bonchev–Trinajstić information content (AvgIpc) is 2.41. The van der Waals surface area contributed by atoms with Gasteiger partial charge in [0.1, 0.15) is 11.6 Å². The number of rotatable bonds is 5. The fourth-order valence-electron chi connectivity index (χ4n) is 2.30. The van der Waals surface area contributed by atoms with E-state index in [1.165, 1.54) is 6.07 Å². The second-order valence-electron chi connectivity index (χ2n) is 4.91. The molecule has 0 amide bonds. The lowest BCUT2D eigenvalue weighted by molar-refractivity contribution is 0.532. The van der Waals surface area contributed by atoms with Gasteiger partial charge in [-0.15, -0.1) is 0 Å². The smallest absolute Gasteiger partial charge is 0.125 e. The maximum absolute atomic E-state index is 13.2. The molecule has 0 saturated carbocycles. The first-order valence-electron chi connectivity index (χ1n) is 6.88. The van der Waals surface area contributed by atoms with Crippen LogP contribution in [0.25, 0.3) is 0 Å². The molecule has 0 radical (unpaired) electrons. The first-order chi connectivity index (χ1) is 9.60. The molecule has 106 valence electrons. The highest BCUT2D eigenvalue weighted by molar-refractivity contribution is 5.28. The zero-order chi connectivity index (χ0) is 14.5. The molecule has 20 heavy (non-hydrogen) atoms. The Morgan fingerprint density at radius 1 is 1.25 bits per heavy atom. The maximum atomic E-state index is 13.2. The summed E-state index contributed by atoms with van der Waals surface area (Å²) < 4.78 is 13.2. The number of halogens is 1. The van der Waals surface area contributed by atoms with Gasteiger partial charge in [-0.25, -0.2) is 14.4 Å². The Morgan fingerprint density at radius 3 is 2.70 bits per heavy atom. The number of likely N-dealkylation sites (N-methyl/N-ethyl adjacent to an activating group) is 1. The van der Waals surface area contributed by atoms with Crippen LogP contribution >= 0.6 is 0 Å². The largest absolute Gasteiger partial charge is 0.309 e. The summed E-state index contributed by atoms with van der Waals surface area (Å²) in [6.07, 6.45) is 2.57. The van der Waals surface area contributed by atoms with Crippen molar-refractivity contribution in [2.75, 3.05) is 6.54 Å². The topological polar surface area (TPSA) is 37.8 Å². The van der Waals surface area contributed by atoms with Gasteiger partial charge in [0.15, 0.2) is 0 Å². The van der Waals surface area contributed by atoms with Gasteiger partial charge < -0.3 is 5.32 Å². The molecule has 2 aromatic rings. The fourth-order valence-corrected chi connectivity index (χ4v) is 2.30. The molecule has 0 aliphatic heterocycles. The number of hydrogen-bond donors (Lipinski definition) is 1. The van der Waals surface area contributed by atoms with Crippen LogP contribution in [0.4, 0.5) is 4.39 Å². The standard InChI is InChI=1S/C16H20FN3/c1-4-18-16(15-7-8-19-12(3)20-15)10-13-5-6-14(17)9-11(13)2/h5-9,16,18H,4,10H2,1-3H3. The molecule has 0 fully saturated rings. The molecule has 0 aliphatic carbocycles. The third-order valence-corrected chi connectivity index (χ3v) is 3.33. The van der Waals surface area contributed by atoms with Gasteiger partial charge in [0.2, 0.25) is 0 Å². The first kappa shape index (κ1) is 14.6. The maximum Gasteiger partial charge on any atom is 0.125 e. The van der Waals surface area contributed by atoms with Gasteiger partial charge in [-0.3, -0.25) is 0 Å². The van der Waals surface area contributed by atoms with Crippen molar-refractivity contribution >= 4 is 0 Å². The van der Waals surface area contributed by atoms with E-state index in [1.807, 2.05) is 26.0 Å². The molecule has 0 spiro atoms. The zero-order valence-corrected chi connectivity index (χ0v) is 12.2. The lowest BCUT2D eigenvalue weighted by Crippen LogP contribution is -2.24. The normalized spacial score (nSPS) is 12.4. The molecule has 0 aliphatic rings. The highest BCUT2D eigenvalue weighted by Gasteiger charge is 2.14. The summed E-state index contributed by atoms with van der Waals surface area (Å²) in [5.74, 6) is 0.574. The molecular weight excluding hydrogens is 253 g/mol. The van der Waals surface area contributed by atoms with Crippen LogP contribution in [0.3, 0.4) is 0 Å². The third kappa shape index (κ3) is 3.61. The van der Waals surface area contributed by atoms with Gasteiger partial charge in [-0.05, 0) is 56.1 Å². The molecule has 1 aromatic heterocycles. The van der Waals surface area contributed by atoms with E-state index in [9.17, 15) is 4.39 Å². The molecule has 4 heteroatoms. The van der Waals surface area contributed by atoms with Crippen molar-refractivity contribution in [3.63, 3.8) is 0 Å². The molecule has 1 N–H and O–H groups in total. The van der Waals surface area contributed by atoms with E-state index in [0.29, 0.717) is 0 Å². The van der Waals surface area contributed by atoms with Crippen molar-refractivity contribution in [2.24, 2.45) is 0 Å². The summed E-state index contributed by atoms with van der Waals surface area (Å²) in [4.78, 5) is 8.62. The molecule has 2 rings (SSSR count). The third-order valence-electron chi connectivity index (χ3n) is 3.33. The molecule has 0 bridgehead atoms. The average molecular weight is 273 g/mol. The SMILES string of the molecule is CCNC(Cc1ccc(F)cc1C)c1ccnc(C)n1. The quantitative estimate of drug-likeness (QED) is 0.909. The van der Waals surface area contributed by atoms with E-state index in [2.05, 4.69) is 22.2 Å². The summed E-state index contributed by atoms with van der Waals surface area (Å²) in [6.45, 7) is 6.74. The molecule has 1 unspecified atom stereocenters. The van der Waals surface area contributed by atoms with Crippen molar-refractivity contribution in [3.8, 4) is 0 Å². The monoisotopic (exact) mass is 273 g/mol. The summed E-state index contributed by atoms with van der Waals surface area (Å²) in [6, 6.07) is 6.98. The van der Waals surface area contributed by atoms with Crippen molar-refractivity contribution in [1.82, 2.24) is 15.3 Å². The predicted molar refractivity (Wildman–Crippen MR) is 78.0 cm³/mol. The van der Waals surface area contributed by atoms with E-state index in [4.69, 9.17) is 0 Å². The lowest BCUT2D eigenvalue weighted by atomic mass is 9.99. The van der Waals surface area contributed by atoms with Crippen LogP contribution in [0, 0.1) is 19.7 Å². The van der Waals surface area contributed by atoms with Crippen molar-refractivity contribution in [3.05, 3.63) is 58.9 Å². The minimum Gasteiger partial charge on any atom is -0.309 e. The zero-order valence-electron chi connectivity index (χ0n) is 12.2. The van der Waals surface area contributed by atoms with Gasteiger partial charge in [-0.1, -0.05) is 13.0 Å². The Bertz CT molecular complexity index is 584. The molecular formula is C16H20FN3. The summed E-state index contributed by atoms with van der Waals surface area (Å²) >= 11 is 0. The Balaban J connectivity index is 2.25. The number of benzene rings is 1. The van der Waals surface area contributed by atoms with Gasteiger partial charge in [0.25, 0.3) is 0 Å². The van der Waals surface area contributed by atoms with E-state index in [0.717, 1.165) is 35.6 Å². The van der Waals surface area contributed by atoms with Crippen molar-refractivity contribution in [2.45, 2.75) is 33.2 Å². The van der Waals surface area contributed by atoms with Crippen LogP contribution in [-0.2, 0) is 6.42 Å². The Morgan fingerprint density at radius 2 is 2.05 bits per heavy atom. The van der Waals surface area contributed by atoms with Crippen molar-refractivity contribution < 1.29 is 4.39 Å². The first-order valence-corrected chi connectivity index (χ1v) is 6.88. The fraction of sp³-hybridized carbons (Fsp3) is 0.375. The van der Waals surface area contributed by atoms with Crippen LogP contribution in [0.5, 0.6) is 0 Å². The van der Waals surface area contributed by atoms with Gasteiger partial charge in [-0.2, -0.15) is 0 Å². The minimum atomic E-state index is -0.191. The molecule has 1 aromatic carbocycles. The second kappa shape index (κ2) is 6.57. The Labute approximate surface area is 119 Å². The van der Waals surface area contributed by atoms with Crippen LogP contribution in [0.2, 0.25) is 0 Å². The highest BCUT2D eigenvalue weighted by Crippen LogP contribution is 2.19. The summed E-state index contributed by atoms with van der Waals surface area (Å²) in [5.41, 5.74) is 3.08. The van der Waals surface area contributed by atoms with Crippen LogP contribution < -0.4 is 5.32 Å². The van der Waals surface area contributed by atoms with Gasteiger partial charge in [0.05, 0.1) is 11.7 Å². The van der Waals surface area contributed by atoms with Crippen LogP contribution in [-0.4, -0.2) is 16.5 Å². The molecule has 0 saturated heterocycles. The summed E-state index contributed by atoms with van der Waals surface area (Å²) in [5, 5.41) is 3.43. The highest BCUT2D eigenvalue weighted by atomic mass is 19.1. The van der Waals surface area contributed by atoms with Gasteiger partial charge >= 0.3 is 0 Å². The number of nitrogens with zero attached hydrogens (tertiary/aromatic N) is 2. The second-order valence-corrected chi connectivity index (χ2v) is 4.91. The minimum absolute atomic E-state index is 0.117. The molecule has 3 nitrogen and oxygen atoms in total. The Hall–Kier alpha value is -1.81. The van der Waals surface area contributed by atoms with E-state index in [1.54, 1.807) is 12.3 Å². The van der Waals surface area contributed by atoms with Gasteiger partial charge in [0, 0.05) is 6.20 Å². The molecule has 1 atom stereocenters. The number of aromatic nitrogens is 2. The van der Waals surface area contributed by atoms with E-state index >= 15 is 0 Å². The van der Waals surface area contributed by atoms with Crippen molar-refractivity contribution in [1.29, 1.82) is 0 Å². The van der Waals surface area contributed by atoms with Crippen LogP contribution in [0.15, 0.2) is 30.5 Å². The van der Waals surface area contributed by atoms with E-state index < -0.39 is 0 Å².